The van der Waals surface area contributed by atoms with Crippen molar-refractivity contribution in [1.82, 2.24) is 20.0 Å². The van der Waals surface area contributed by atoms with Crippen LogP contribution in [0.3, 0.4) is 0 Å². The molecule has 25 heavy (non-hydrogen) atoms. The maximum atomic E-state index is 12.4. The SMILES string of the molecule is O=C(Nc1ccc2c(c1)B(O)OC2)c1cn(-c2ncccc2Cl)nn1. The summed E-state index contributed by atoms with van der Waals surface area (Å²) in [6.45, 7) is 0.351. The number of pyridine rings is 1. The fraction of sp³-hybridized carbons (Fsp3) is 0.0667. The lowest BCUT2D eigenvalue weighted by Crippen LogP contribution is -2.28. The van der Waals surface area contributed by atoms with Crippen LogP contribution in [0, 0.1) is 0 Å². The molecule has 0 fully saturated rings. The number of hydrogen-bond donors (Lipinski definition) is 2. The molecule has 0 saturated carbocycles. The Balaban J connectivity index is 1.55. The van der Waals surface area contributed by atoms with Crippen molar-refractivity contribution in [2.75, 3.05) is 5.32 Å². The Morgan fingerprint density at radius 3 is 3.12 bits per heavy atom. The van der Waals surface area contributed by atoms with Gasteiger partial charge in [0.15, 0.2) is 11.5 Å². The molecular weight excluding hydrogens is 344 g/mol. The predicted octanol–water partition coefficient (Wildman–Crippen LogP) is 0.786. The summed E-state index contributed by atoms with van der Waals surface area (Å²) < 4.78 is 6.46. The number of benzene rings is 1. The van der Waals surface area contributed by atoms with Crippen LogP contribution in [-0.2, 0) is 11.3 Å². The van der Waals surface area contributed by atoms with Gasteiger partial charge in [0.1, 0.15) is 0 Å². The maximum absolute atomic E-state index is 12.4. The molecule has 1 aromatic carbocycles. The Morgan fingerprint density at radius 2 is 2.28 bits per heavy atom. The number of carbonyl (C=O) groups is 1. The van der Waals surface area contributed by atoms with E-state index in [2.05, 4.69) is 20.6 Å². The molecule has 1 amide bonds. The van der Waals surface area contributed by atoms with Crippen LogP contribution >= 0.6 is 11.6 Å². The molecule has 124 valence electrons. The van der Waals surface area contributed by atoms with Gasteiger partial charge in [0, 0.05) is 11.9 Å². The second kappa shape index (κ2) is 6.28. The molecule has 2 aromatic heterocycles. The first kappa shape index (κ1) is 15.8. The number of fused-ring (bicyclic) bond motifs is 1. The average molecular weight is 356 g/mol. The summed E-state index contributed by atoms with van der Waals surface area (Å²) in [6, 6.07) is 8.57. The van der Waals surface area contributed by atoms with Gasteiger partial charge >= 0.3 is 7.12 Å². The summed E-state index contributed by atoms with van der Waals surface area (Å²) in [5, 5.41) is 20.6. The van der Waals surface area contributed by atoms with Crippen molar-refractivity contribution in [2.24, 2.45) is 0 Å². The molecule has 3 heterocycles. The predicted molar refractivity (Wildman–Crippen MR) is 91.0 cm³/mol. The van der Waals surface area contributed by atoms with E-state index in [4.69, 9.17) is 16.3 Å². The van der Waals surface area contributed by atoms with E-state index in [1.54, 1.807) is 36.5 Å². The van der Waals surface area contributed by atoms with Crippen molar-refractivity contribution in [3.8, 4) is 5.82 Å². The molecule has 8 nitrogen and oxygen atoms in total. The van der Waals surface area contributed by atoms with Crippen molar-refractivity contribution >= 4 is 35.8 Å². The quantitative estimate of drug-likeness (QED) is 0.673. The van der Waals surface area contributed by atoms with Crippen LogP contribution < -0.4 is 10.8 Å². The highest BCUT2D eigenvalue weighted by Crippen LogP contribution is 2.17. The number of anilines is 1. The van der Waals surface area contributed by atoms with E-state index in [1.807, 2.05) is 0 Å². The molecule has 0 spiro atoms. The molecule has 0 saturated heterocycles. The lowest BCUT2D eigenvalue weighted by molar-refractivity contribution is 0.102. The smallest absolute Gasteiger partial charge is 0.423 e. The Morgan fingerprint density at radius 1 is 1.40 bits per heavy atom. The van der Waals surface area contributed by atoms with Crippen molar-refractivity contribution in [2.45, 2.75) is 6.61 Å². The topological polar surface area (TPSA) is 102 Å². The minimum absolute atomic E-state index is 0.110. The largest absolute Gasteiger partial charge is 0.491 e. The van der Waals surface area contributed by atoms with Crippen LogP contribution in [0.4, 0.5) is 5.69 Å². The summed E-state index contributed by atoms with van der Waals surface area (Å²) in [4.78, 5) is 16.5. The number of hydrogen-bond acceptors (Lipinski definition) is 6. The van der Waals surface area contributed by atoms with Crippen molar-refractivity contribution in [1.29, 1.82) is 0 Å². The van der Waals surface area contributed by atoms with Gasteiger partial charge in [-0.05, 0) is 35.3 Å². The molecular formula is C15H11BClN5O3. The first-order valence-corrected chi connectivity index (χ1v) is 7.77. The molecule has 2 N–H and O–H groups in total. The van der Waals surface area contributed by atoms with E-state index in [0.29, 0.717) is 28.6 Å². The van der Waals surface area contributed by atoms with Gasteiger partial charge < -0.3 is 15.0 Å². The van der Waals surface area contributed by atoms with Crippen LogP contribution in [0.2, 0.25) is 5.02 Å². The Bertz CT molecular complexity index is 964. The van der Waals surface area contributed by atoms with Gasteiger partial charge in [-0.15, -0.1) is 5.10 Å². The zero-order valence-corrected chi connectivity index (χ0v) is 13.5. The third kappa shape index (κ3) is 3.00. The van der Waals surface area contributed by atoms with Crippen LogP contribution in [0.1, 0.15) is 16.1 Å². The van der Waals surface area contributed by atoms with Gasteiger partial charge in [-0.3, -0.25) is 4.79 Å². The van der Waals surface area contributed by atoms with E-state index < -0.39 is 13.0 Å². The molecule has 1 aliphatic rings. The number of nitrogens with one attached hydrogen (secondary N) is 1. The lowest BCUT2D eigenvalue weighted by atomic mass is 9.79. The van der Waals surface area contributed by atoms with Crippen LogP contribution in [0.15, 0.2) is 42.7 Å². The third-order valence-electron chi connectivity index (χ3n) is 3.75. The summed E-state index contributed by atoms with van der Waals surface area (Å²) in [5.74, 6) is -0.0554. The standard InChI is InChI=1S/C15H11BClN5O3/c17-12-2-1-5-18-14(12)22-7-13(20-21-22)15(23)19-10-4-3-9-8-25-16(24)11(9)6-10/h1-7,24H,8H2,(H,19,23). The monoisotopic (exact) mass is 355 g/mol. The molecule has 0 atom stereocenters. The van der Waals surface area contributed by atoms with Crippen molar-refractivity contribution in [3.63, 3.8) is 0 Å². The highest BCUT2D eigenvalue weighted by molar-refractivity contribution is 6.61. The zero-order chi connectivity index (χ0) is 17.4. The molecule has 1 aliphatic heterocycles. The average Bonchev–Trinajstić information content (AvgIpc) is 3.23. The number of nitrogens with zero attached hydrogens (tertiary/aromatic N) is 4. The third-order valence-corrected chi connectivity index (χ3v) is 4.04. The highest BCUT2D eigenvalue weighted by atomic mass is 35.5. The Kier molecular flexibility index (Phi) is 3.96. The van der Waals surface area contributed by atoms with E-state index in [9.17, 15) is 9.82 Å². The van der Waals surface area contributed by atoms with E-state index in [-0.39, 0.29) is 5.69 Å². The fourth-order valence-electron chi connectivity index (χ4n) is 2.50. The molecule has 0 bridgehead atoms. The Hall–Kier alpha value is -2.75. The minimum Gasteiger partial charge on any atom is -0.423 e. The molecule has 0 aliphatic carbocycles. The van der Waals surface area contributed by atoms with E-state index in [0.717, 1.165) is 5.56 Å². The van der Waals surface area contributed by atoms with E-state index in [1.165, 1.54) is 10.9 Å². The normalized spacial score (nSPS) is 13.0. The number of carbonyl (C=O) groups excluding carboxylic acids is 1. The molecule has 4 rings (SSSR count). The summed E-state index contributed by atoms with van der Waals surface area (Å²) in [7, 11) is -0.973. The minimum atomic E-state index is -0.973. The molecule has 10 heteroatoms. The van der Waals surface area contributed by atoms with E-state index >= 15 is 0 Å². The van der Waals surface area contributed by atoms with Gasteiger partial charge in [0.2, 0.25) is 0 Å². The summed E-state index contributed by atoms with van der Waals surface area (Å²) in [6.07, 6.45) is 3.01. The van der Waals surface area contributed by atoms with Crippen LogP contribution in [-0.4, -0.2) is 38.0 Å². The highest BCUT2D eigenvalue weighted by Gasteiger charge is 2.27. The lowest BCUT2D eigenvalue weighted by Gasteiger charge is -2.05. The fourth-order valence-corrected chi connectivity index (χ4v) is 2.71. The zero-order valence-electron chi connectivity index (χ0n) is 12.8. The number of aromatic nitrogens is 4. The van der Waals surface area contributed by atoms with Gasteiger partial charge in [-0.25, -0.2) is 9.67 Å². The van der Waals surface area contributed by atoms with Gasteiger partial charge in [-0.2, -0.15) is 0 Å². The number of rotatable bonds is 3. The molecule has 0 radical (unpaired) electrons. The number of amides is 1. The second-order valence-electron chi connectivity index (χ2n) is 5.39. The molecule has 0 unspecified atom stereocenters. The molecule has 3 aromatic rings. The van der Waals surface area contributed by atoms with Gasteiger partial charge in [0.25, 0.3) is 5.91 Å². The van der Waals surface area contributed by atoms with Gasteiger partial charge in [0.05, 0.1) is 17.8 Å². The van der Waals surface area contributed by atoms with Crippen LogP contribution in [0.25, 0.3) is 5.82 Å². The van der Waals surface area contributed by atoms with Gasteiger partial charge in [-0.1, -0.05) is 22.9 Å². The van der Waals surface area contributed by atoms with Crippen molar-refractivity contribution < 1.29 is 14.5 Å². The van der Waals surface area contributed by atoms with Crippen LogP contribution in [0.5, 0.6) is 0 Å². The summed E-state index contributed by atoms with van der Waals surface area (Å²) >= 11 is 6.06. The first-order valence-electron chi connectivity index (χ1n) is 7.39. The maximum Gasteiger partial charge on any atom is 0.491 e. The Labute approximate surface area is 147 Å². The second-order valence-corrected chi connectivity index (χ2v) is 5.80. The van der Waals surface area contributed by atoms with Crippen molar-refractivity contribution in [3.05, 3.63) is 59.0 Å². The first-order chi connectivity index (χ1) is 12.1. The number of halogens is 1. The summed E-state index contributed by atoms with van der Waals surface area (Å²) in [5.41, 5.74) is 2.17.